The molecule has 1 atom stereocenters. The topological polar surface area (TPSA) is 63.9 Å². The minimum atomic E-state index is -0.448. The van der Waals surface area contributed by atoms with Gasteiger partial charge < -0.3 is 4.90 Å². The van der Waals surface area contributed by atoms with E-state index >= 15 is 0 Å². The van der Waals surface area contributed by atoms with Crippen molar-refractivity contribution in [3.63, 3.8) is 0 Å². The summed E-state index contributed by atoms with van der Waals surface area (Å²) < 4.78 is 1.82. The second-order valence-electron chi connectivity index (χ2n) is 6.35. The summed E-state index contributed by atoms with van der Waals surface area (Å²) in [6, 6.07) is 1.88. The van der Waals surface area contributed by atoms with Crippen molar-refractivity contribution in [2.24, 2.45) is 0 Å². The summed E-state index contributed by atoms with van der Waals surface area (Å²) in [7, 11) is 0. The maximum Gasteiger partial charge on any atom is 0.257 e. The average Bonchev–Trinajstić information content (AvgIpc) is 3.15. The SMILES string of the molecule is CCCn1cc(C(=O)N2CCCC2(C)c2nccc(C)n2)cn1. The van der Waals surface area contributed by atoms with E-state index in [4.69, 9.17) is 0 Å². The predicted molar refractivity (Wildman–Crippen MR) is 86.9 cm³/mol. The van der Waals surface area contributed by atoms with Crippen LogP contribution in [-0.2, 0) is 12.1 Å². The second-order valence-corrected chi connectivity index (χ2v) is 6.35. The molecule has 3 heterocycles. The number of carbonyl (C=O) groups excluding carboxylic acids is 1. The Morgan fingerprint density at radius 3 is 3.00 bits per heavy atom. The zero-order valence-corrected chi connectivity index (χ0v) is 14.0. The third-order valence-corrected chi connectivity index (χ3v) is 4.50. The molecular weight excluding hydrogens is 290 g/mol. The summed E-state index contributed by atoms with van der Waals surface area (Å²) in [5.41, 5.74) is 1.11. The van der Waals surface area contributed by atoms with E-state index in [0.29, 0.717) is 5.56 Å². The number of hydrogen-bond acceptors (Lipinski definition) is 4. The summed E-state index contributed by atoms with van der Waals surface area (Å²) in [6.07, 6.45) is 8.10. The molecule has 0 aliphatic carbocycles. The lowest BCUT2D eigenvalue weighted by molar-refractivity contribution is 0.0603. The fourth-order valence-electron chi connectivity index (χ4n) is 3.21. The lowest BCUT2D eigenvalue weighted by Gasteiger charge is -2.33. The Hall–Kier alpha value is -2.24. The summed E-state index contributed by atoms with van der Waals surface area (Å²) in [4.78, 5) is 23.8. The molecule has 1 saturated heterocycles. The Morgan fingerprint density at radius 1 is 1.43 bits per heavy atom. The van der Waals surface area contributed by atoms with Gasteiger partial charge >= 0.3 is 0 Å². The highest BCUT2D eigenvalue weighted by atomic mass is 16.2. The van der Waals surface area contributed by atoms with E-state index in [1.54, 1.807) is 12.4 Å². The van der Waals surface area contributed by atoms with E-state index in [2.05, 4.69) is 28.9 Å². The Labute approximate surface area is 136 Å². The Balaban J connectivity index is 1.89. The van der Waals surface area contributed by atoms with Gasteiger partial charge in [0.15, 0.2) is 5.82 Å². The van der Waals surface area contributed by atoms with E-state index in [9.17, 15) is 4.79 Å². The standard InChI is InChI=1S/C17H23N5O/c1-4-9-21-12-14(11-19-21)15(23)22-10-5-7-17(22,3)16-18-8-6-13(2)20-16/h6,8,11-12H,4-5,7,9-10H2,1-3H3. The predicted octanol–water partition coefficient (Wildman–Crippen LogP) is 2.54. The van der Waals surface area contributed by atoms with Crippen molar-refractivity contribution in [1.82, 2.24) is 24.6 Å². The smallest absolute Gasteiger partial charge is 0.257 e. The van der Waals surface area contributed by atoms with E-state index in [1.807, 2.05) is 28.8 Å². The third kappa shape index (κ3) is 2.85. The highest BCUT2D eigenvalue weighted by Gasteiger charge is 2.43. The molecule has 2 aromatic heterocycles. The van der Waals surface area contributed by atoms with Gasteiger partial charge in [0.2, 0.25) is 0 Å². The van der Waals surface area contributed by atoms with Gasteiger partial charge in [-0.1, -0.05) is 6.92 Å². The van der Waals surface area contributed by atoms with Gasteiger partial charge in [0.05, 0.1) is 11.8 Å². The van der Waals surface area contributed by atoms with Crippen molar-refractivity contribution < 1.29 is 4.79 Å². The van der Waals surface area contributed by atoms with Crippen LogP contribution in [0.15, 0.2) is 24.7 Å². The molecule has 1 aliphatic rings. The molecular formula is C17H23N5O. The largest absolute Gasteiger partial charge is 0.326 e. The monoisotopic (exact) mass is 313 g/mol. The van der Waals surface area contributed by atoms with E-state index in [0.717, 1.165) is 43.9 Å². The van der Waals surface area contributed by atoms with Gasteiger partial charge in [-0.05, 0) is 39.2 Å². The molecule has 122 valence electrons. The first-order valence-corrected chi connectivity index (χ1v) is 8.19. The summed E-state index contributed by atoms with van der Waals surface area (Å²) >= 11 is 0. The lowest BCUT2D eigenvalue weighted by Crippen LogP contribution is -2.44. The number of nitrogens with zero attached hydrogens (tertiary/aromatic N) is 5. The van der Waals surface area contributed by atoms with E-state index in [1.165, 1.54) is 0 Å². The first kappa shape index (κ1) is 15.6. The minimum Gasteiger partial charge on any atom is -0.326 e. The highest BCUT2D eigenvalue weighted by Crippen LogP contribution is 2.37. The van der Waals surface area contributed by atoms with Crippen LogP contribution in [0.25, 0.3) is 0 Å². The van der Waals surface area contributed by atoms with Gasteiger partial charge in [-0.2, -0.15) is 5.10 Å². The molecule has 2 aromatic rings. The quantitative estimate of drug-likeness (QED) is 0.870. The van der Waals surface area contributed by atoms with Crippen LogP contribution in [0.4, 0.5) is 0 Å². The average molecular weight is 313 g/mol. The zero-order valence-electron chi connectivity index (χ0n) is 14.0. The molecule has 1 unspecified atom stereocenters. The molecule has 0 bridgehead atoms. The van der Waals surface area contributed by atoms with Crippen LogP contribution in [0, 0.1) is 6.92 Å². The summed E-state index contributed by atoms with van der Waals surface area (Å²) in [5, 5.41) is 4.27. The van der Waals surface area contributed by atoms with Gasteiger partial charge in [-0.15, -0.1) is 0 Å². The minimum absolute atomic E-state index is 0.0115. The van der Waals surface area contributed by atoms with Crippen LogP contribution >= 0.6 is 0 Å². The number of aromatic nitrogens is 4. The molecule has 0 spiro atoms. The van der Waals surface area contributed by atoms with Crippen LogP contribution in [0.1, 0.15) is 55.0 Å². The van der Waals surface area contributed by atoms with E-state index in [-0.39, 0.29) is 5.91 Å². The molecule has 6 nitrogen and oxygen atoms in total. The molecule has 0 saturated carbocycles. The first-order chi connectivity index (χ1) is 11.0. The van der Waals surface area contributed by atoms with Crippen LogP contribution in [-0.4, -0.2) is 37.1 Å². The summed E-state index contributed by atoms with van der Waals surface area (Å²) in [5.74, 6) is 0.738. The Kier molecular flexibility index (Phi) is 4.15. The number of rotatable bonds is 4. The number of carbonyl (C=O) groups is 1. The van der Waals surface area contributed by atoms with Crippen LogP contribution in [0.5, 0.6) is 0 Å². The molecule has 1 fully saturated rings. The zero-order chi connectivity index (χ0) is 16.4. The maximum atomic E-state index is 13.0. The molecule has 0 N–H and O–H groups in total. The molecule has 0 radical (unpaired) electrons. The van der Waals surface area contributed by atoms with Gasteiger partial charge in [-0.25, -0.2) is 9.97 Å². The summed E-state index contributed by atoms with van der Waals surface area (Å²) in [6.45, 7) is 7.65. The Bertz CT molecular complexity index is 711. The van der Waals surface area contributed by atoms with Crippen molar-refractivity contribution >= 4 is 5.91 Å². The van der Waals surface area contributed by atoms with Gasteiger partial charge in [0.1, 0.15) is 5.54 Å². The second kappa shape index (κ2) is 6.10. The number of hydrogen-bond donors (Lipinski definition) is 0. The lowest BCUT2D eigenvalue weighted by atomic mass is 9.97. The number of aryl methyl sites for hydroxylation is 2. The number of likely N-dealkylation sites (tertiary alicyclic amines) is 1. The highest BCUT2D eigenvalue weighted by molar-refractivity contribution is 5.94. The molecule has 23 heavy (non-hydrogen) atoms. The van der Waals surface area contributed by atoms with Gasteiger partial charge in [-0.3, -0.25) is 9.48 Å². The van der Waals surface area contributed by atoms with Crippen molar-refractivity contribution in [3.8, 4) is 0 Å². The third-order valence-electron chi connectivity index (χ3n) is 4.50. The molecule has 1 aliphatic heterocycles. The normalized spacial score (nSPS) is 20.9. The van der Waals surface area contributed by atoms with Crippen LogP contribution in [0.2, 0.25) is 0 Å². The van der Waals surface area contributed by atoms with Crippen LogP contribution in [0.3, 0.4) is 0 Å². The first-order valence-electron chi connectivity index (χ1n) is 8.19. The molecule has 0 aromatic carbocycles. The van der Waals surface area contributed by atoms with Crippen molar-refractivity contribution in [2.45, 2.75) is 52.1 Å². The molecule has 3 rings (SSSR count). The molecule has 6 heteroatoms. The van der Waals surface area contributed by atoms with Crippen molar-refractivity contribution in [1.29, 1.82) is 0 Å². The van der Waals surface area contributed by atoms with E-state index < -0.39 is 5.54 Å². The Morgan fingerprint density at radius 2 is 2.26 bits per heavy atom. The fourth-order valence-corrected chi connectivity index (χ4v) is 3.21. The van der Waals surface area contributed by atoms with Gasteiger partial charge in [0, 0.05) is 31.2 Å². The maximum absolute atomic E-state index is 13.0. The van der Waals surface area contributed by atoms with Crippen molar-refractivity contribution in [3.05, 3.63) is 41.7 Å². The van der Waals surface area contributed by atoms with Crippen molar-refractivity contribution in [2.75, 3.05) is 6.54 Å². The van der Waals surface area contributed by atoms with Crippen LogP contribution < -0.4 is 0 Å². The molecule has 1 amide bonds. The number of amides is 1. The fraction of sp³-hybridized carbons (Fsp3) is 0.529. The van der Waals surface area contributed by atoms with Gasteiger partial charge in [0.25, 0.3) is 5.91 Å².